The van der Waals surface area contributed by atoms with Gasteiger partial charge in [-0.2, -0.15) is 0 Å². The zero-order valence-corrected chi connectivity index (χ0v) is 12.8. The molecule has 0 saturated carbocycles. The van der Waals surface area contributed by atoms with Crippen LogP contribution in [0.1, 0.15) is 40.5 Å². The van der Waals surface area contributed by atoms with Gasteiger partial charge in [-0.15, -0.1) is 0 Å². The highest BCUT2D eigenvalue weighted by Gasteiger charge is 2.29. The van der Waals surface area contributed by atoms with E-state index in [0.717, 1.165) is 19.5 Å². The third-order valence-electron chi connectivity index (χ3n) is 4.13. The van der Waals surface area contributed by atoms with Crippen molar-refractivity contribution >= 4 is 6.03 Å². The summed E-state index contributed by atoms with van der Waals surface area (Å²) in [5, 5.41) is 0. The Labute approximate surface area is 112 Å². The van der Waals surface area contributed by atoms with Crippen molar-refractivity contribution in [1.82, 2.24) is 14.7 Å². The molecule has 0 aromatic carbocycles. The number of nitrogens with zero attached hydrogens (tertiary/aromatic N) is 3. The van der Waals surface area contributed by atoms with Crippen molar-refractivity contribution in [2.75, 3.05) is 27.2 Å². The Bertz CT molecular complexity index is 278. The molecule has 1 aliphatic heterocycles. The highest BCUT2D eigenvalue weighted by atomic mass is 16.2. The van der Waals surface area contributed by atoms with Crippen LogP contribution in [0.15, 0.2) is 0 Å². The molecule has 2 amide bonds. The van der Waals surface area contributed by atoms with E-state index in [-0.39, 0.29) is 12.1 Å². The summed E-state index contributed by atoms with van der Waals surface area (Å²) in [4.78, 5) is 18.5. The summed E-state index contributed by atoms with van der Waals surface area (Å²) in [7, 11) is 4.05. The SMILES string of the molecule is CC(C)N(C)C(=O)N1CCCC(N(C)C(C)C)C1. The highest BCUT2D eigenvalue weighted by molar-refractivity contribution is 5.74. The smallest absolute Gasteiger partial charge is 0.320 e. The lowest BCUT2D eigenvalue weighted by molar-refractivity contribution is 0.0907. The largest absolute Gasteiger partial charge is 0.325 e. The second kappa shape index (κ2) is 6.41. The van der Waals surface area contributed by atoms with Crippen molar-refractivity contribution in [3.63, 3.8) is 0 Å². The van der Waals surface area contributed by atoms with E-state index in [0.29, 0.717) is 12.1 Å². The minimum atomic E-state index is 0.173. The van der Waals surface area contributed by atoms with Gasteiger partial charge in [-0.3, -0.25) is 4.90 Å². The van der Waals surface area contributed by atoms with Crippen molar-refractivity contribution in [2.45, 2.75) is 58.7 Å². The molecule has 1 atom stereocenters. The number of piperidine rings is 1. The van der Waals surface area contributed by atoms with E-state index in [1.54, 1.807) is 0 Å². The fraction of sp³-hybridized carbons (Fsp3) is 0.929. The minimum absolute atomic E-state index is 0.173. The fourth-order valence-electron chi connectivity index (χ4n) is 2.33. The van der Waals surface area contributed by atoms with Crippen molar-refractivity contribution < 1.29 is 4.79 Å². The lowest BCUT2D eigenvalue weighted by Gasteiger charge is -2.41. The lowest BCUT2D eigenvalue weighted by Crippen LogP contribution is -2.53. The van der Waals surface area contributed by atoms with Gasteiger partial charge in [0.1, 0.15) is 0 Å². The van der Waals surface area contributed by atoms with Crippen molar-refractivity contribution in [1.29, 1.82) is 0 Å². The minimum Gasteiger partial charge on any atom is -0.325 e. The van der Waals surface area contributed by atoms with Gasteiger partial charge in [0.2, 0.25) is 0 Å². The molecule has 0 aliphatic carbocycles. The Hall–Kier alpha value is -0.770. The number of hydrogen-bond acceptors (Lipinski definition) is 2. The summed E-state index contributed by atoms with van der Waals surface area (Å²) in [6.07, 6.45) is 2.31. The van der Waals surface area contributed by atoms with E-state index in [2.05, 4.69) is 39.6 Å². The van der Waals surface area contributed by atoms with Crippen molar-refractivity contribution in [3.8, 4) is 0 Å². The van der Waals surface area contributed by atoms with E-state index in [1.165, 1.54) is 6.42 Å². The number of carbonyl (C=O) groups excluding carboxylic acids is 1. The number of urea groups is 1. The summed E-state index contributed by atoms with van der Waals surface area (Å²) >= 11 is 0. The Kier molecular flexibility index (Phi) is 5.45. The molecule has 1 saturated heterocycles. The van der Waals surface area contributed by atoms with Crippen LogP contribution in [-0.4, -0.2) is 66.0 Å². The third-order valence-corrected chi connectivity index (χ3v) is 4.13. The molecular weight excluding hydrogens is 226 g/mol. The topological polar surface area (TPSA) is 26.8 Å². The molecule has 4 heteroatoms. The molecule has 1 aliphatic rings. The van der Waals surface area contributed by atoms with Gasteiger partial charge < -0.3 is 9.80 Å². The normalized spacial score (nSPS) is 20.9. The molecular formula is C14H29N3O. The summed E-state index contributed by atoms with van der Waals surface area (Å²) in [5.74, 6) is 0. The van der Waals surface area contributed by atoms with Crippen LogP contribution in [0.25, 0.3) is 0 Å². The fourth-order valence-corrected chi connectivity index (χ4v) is 2.33. The van der Waals surface area contributed by atoms with Crippen LogP contribution in [0.2, 0.25) is 0 Å². The zero-order valence-electron chi connectivity index (χ0n) is 12.8. The summed E-state index contributed by atoms with van der Waals surface area (Å²) in [6, 6.07) is 1.48. The second-order valence-electron chi connectivity index (χ2n) is 5.99. The standard InChI is InChI=1S/C14H29N3O/c1-11(2)15(5)13-8-7-9-17(10-13)14(18)16(6)12(3)4/h11-13H,7-10H2,1-6H3. The van der Waals surface area contributed by atoms with Gasteiger partial charge in [0.15, 0.2) is 0 Å². The van der Waals surface area contributed by atoms with Gasteiger partial charge in [0.25, 0.3) is 0 Å². The van der Waals surface area contributed by atoms with Gasteiger partial charge >= 0.3 is 6.03 Å². The number of carbonyl (C=O) groups is 1. The molecule has 1 heterocycles. The van der Waals surface area contributed by atoms with Gasteiger partial charge in [0.05, 0.1) is 0 Å². The molecule has 1 fully saturated rings. The van der Waals surface area contributed by atoms with Crippen LogP contribution in [0, 0.1) is 0 Å². The Morgan fingerprint density at radius 3 is 2.28 bits per heavy atom. The molecule has 1 unspecified atom stereocenters. The summed E-state index contributed by atoms with van der Waals surface area (Å²) in [6.45, 7) is 10.3. The highest BCUT2D eigenvalue weighted by Crippen LogP contribution is 2.18. The number of hydrogen-bond donors (Lipinski definition) is 0. The van der Waals surface area contributed by atoms with Gasteiger partial charge in [-0.1, -0.05) is 0 Å². The molecule has 4 nitrogen and oxygen atoms in total. The first-order valence-corrected chi connectivity index (χ1v) is 7.08. The maximum Gasteiger partial charge on any atom is 0.320 e. The average molecular weight is 255 g/mol. The molecule has 0 N–H and O–H groups in total. The van der Waals surface area contributed by atoms with E-state index in [9.17, 15) is 4.79 Å². The number of amides is 2. The van der Waals surface area contributed by atoms with E-state index >= 15 is 0 Å². The molecule has 0 aromatic heterocycles. The second-order valence-corrected chi connectivity index (χ2v) is 5.99. The van der Waals surface area contributed by atoms with E-state index in [4.69, 9.17) is 0 Å². The monoisotopic (exact) mass is 255 g/mol. The predicted molar refractivity (Wildman–Crippen MR) is 75.8 cm³/mol. The van der Waals surface area contributed by atoms with Crippen molar-refractivity contribution in [2.24, 2.45) is 0 Å². The van der Waals surface area contributed by atoms with Gasteiger partial charge in [-0.05, 0) is 47.6 Å². The first-order valence-electron chi connectivity index (χ1n) is 7.08. The van der Waals surface area contributed by atoms with Crippen LogP contribution >= 0.6 is 0 Å². The number of rotatable bonds is 3. The predicted octanol–water partition coefficient (Wildman–Crippen LogP) is 2.25. The molecule has 0 aromatic rings. The number of likely N-dealkylation sites (N-methyl/N-ethyl adjacent to an activating group) is 1. The average Bonchev–Trinajstić information content (AvgIpc) is 2.35. The van der Waals surface area contributed by atoms with Crippen molar-refractivity contribution in [3.05, 3.63) is 0 Å². The van der Waals surface area contributed by atoms with Gasteiger partial charge in [0, 0.05) is 38.3 Å². The maximum atomic E-state index is 12.3. The van der Waals surface area contributed by atoms with Crippen LogP contribution in [-0.2, 0) is 0 Å². The van der Waals surface area contributed by atoms with Crippen LogP contribution in [0.4, 0.5) is 4.79 Å². The first kappa shape index (κ1) is 15.3. The van der Waals surface area contributed by atoms with E-state index in [1.807, 2.05) is 16.8 Å². The zero-order chi connectivity index (χ0) is 13.9. The molecule has 0 bridgehead atoms. The Morgan fingerprint density at radius 1 is 1.17 bits per heavy atom. The van der Waals surface area contributed by atoms with E-state index < -0.39 is 0 Å². The molecule has 1 rings (SSSR count). The van der Waals surface area contributed by atoms with Crippen LogP contribution in [0.3, 0.4) is 0 Å². The summed E-state index contributed by atoms with van der Waals surface area (Å²) in [5.41, 5.74) is 0. The Morgan fingerprint density at radius 2 is 1.78 bits per heavy atom. The molecule has 106 valence electrons. The van der Waals surface area contributed by atoms with Gasteiger partial charge in [-0.25, -0.2) is 4.79 Å². The molecule has 18 heavy (non-hydrogen) atoms. The maximum absolute atomic E-state index is 12.3. The van der Waals surface area contributed by atoms with Crippen LogP contribution < -0.4 is 0 Å². The first-order chi connectivity index (χ1) is 8.34. The lowest BCUT2D eigenvalue weighted by atomic mass is 10.0. The summed E-state index contributed by atoms with van der Waals surface area (Å²) < 4.78 is 0. The molecule has 0 radical (unpaired) electrons. The number of likely N-dealkylation sites (tertiary alicyclic amines) is 1. The van der Waals surface area contributed by atoms with Crippen LogP contribution in [0.5, 0.6) is 0 Å². The Balaban J connectivity index is 2.61. The quantitative estimate of drug-likeness (QED) is 0.773. The third kappa shape index (κ3) is 3.61. The molecule has 0 spiro atoms.